The van der Waals surface area contributed by atoms with Gasteiger partial charge in [0.15, 0.2) is 5.82 Å². The number of hydrogen-bond acceptors (Lipinski definition) is 6. The zero-order valence-electron chi connectivity index (χ0n) is 16.2. The molecule has 30 heavy (non-hydrogen) atoms. The fraction of sp³-hybridized carbons (Fsp3) is 0.421. The first-order valence-electron chi connectivity index (χ1n) is 9.49. The summed E-state index contributed by atoms with van der Waals surface area (Å²) < 4.78 is 39.1. The lowest BCUT2D eigenvalue weighted by atomic mass is 10.1. The van der Waals surface area contributed by atoms with Crippen LogP contribution in [0, 0.1) is 0 Å². The maximum atomic E-state index is 13.3. The van der Waals surface area contributed by atoms with Gasteiger partial charge in [0.25, 0.3) is 6.43 Å². The van der Waals surface area contributed by atoms with E-state index in [2.05, 4.69) is 10.3 Å². The molecule has 1 aromatic carbocycles. The number of hydrogen-bond donors (Lipinski definition) is 2. The molecule has 1 saturated heterocycles. The molecular formula is C19H21F2N5O4. The first-order chi connectivity index (χ1) is 14.3. The summed E-state index contributed by atoms with van der Waals surface area (Å²) in [6, 6.07) is 3.28. The Labute approximate surface area is 170 Å². The van der Waals surface area contributed by atoms with Crippen molar-refractivity contribution >= 4 is 23.5 Å². The van der Waals surface area contributed by atoms with Crippen LogP contribution in [0.2, 0.25) is 0 Å². The molecule has 2 aliphatic heterocycles. The molecule has 0 radical (unpaired) electrons. The second-order valence-corrected chi connectivity index (χ2v) is 7.15. The van der Waals surface area contributed by atoms with Crippen molar-refractivity contribution in [2.45, 2.75) is 38.4 Å². The average Bonchev–Trinajstić information content (AvgIpc) is 3.26. The van der Waals surface area contributed by atoms with Gasteiger partial charge in [-0.1, -0.05) is 0 Å². The highest BCUT2D eigenvalue weighted by atomic mass is 19.3. The van der Waals surface area contributed by atoms with Gasteiger partial charge in [0.05, 0.1) is 12.2 Å². The molecular weight excluding hydrogens is 400 g/mol. The fourth-order valence-corrected chi connectivity index (χ4v) is 3.44. The molecule has 0 saturated carbocycles. The van der Waals surface area contributed by atoms with Crippen molar-refractivity contribution in [3.05, 3.63) is 24.4 Å². The van der Waals surface area contributed by atoms with Gasteiger partial charge in [-0.15, -0.1) is 0 Å². The first-order valence-corrected chi connectivity index (χ1v) is 9.49. The van der Waals surface area contributed by atoms with Gasteiger partial charge < -0.3 is 25.1 Å². The van der Waals surface area contributed by atoms with E-state index in [1.165, 1.54) is 0 Å². The molecule has 0 spiro atoms. The highest BCUT2D eigenvalue weighted by Gasteiger charge is 2.42. The second-order valence-electron chi connectivity index (χ2n) is 7.15. The minimum atomic E-state index is -2.75. The number of aryl methyl sites for hydroxylation is 1. The van der Waals surface area contributed by atoms with Crippen molar-refractivity contribution in [1.29, 1.82) is 0 Å². The predicted octanol–water partition coefficient (Wildman–Crippen LogP) is 2.21. The number of halogens is 2. The molecule has 0 aliphatic carbocycles. The summed E-state index contributed by atoms with van der Waals surface area (Å²) in [5.41, 5.74) is 6.57. The van der Waals surface area contributed by atoms with Gasteiger partial charge in [-0.25, -0.2) is 23.5 Å². The lowest BCUT2D eigenvalue weighted by Crippen LogP contribution is -2.38. The molecule has 1 aromatic heterocycles. The Balaban J connectivity index is 1.71. The number of carbonyl (C=O) groups excluding carboxylic acids is 2. The van der Waals surface area contributed by atoms with E-state index >= 15 is 0 Å². The molecule has 11 heteroatoms. The summed E-state index contributed by atoms with van der Waals surface area (Å²) in [5.74, 6) is 0.621. The Kier molecular flexibility index (Phi) is 5.18. The van der Waals surface area contributed by atoms with Crippen LogP contribution in [-0.4, -0.2) is 53.3 Å². The molecule has 2 amide bonds. The maximum absolute atomic E-state index is 13.3. The van der Waals surface area contributed by atoms with Crippen LogP contribution < -0.4 is 20.7 Å². The largest absolute Gasteiger partial charge is 0.493 e. The molecule has 2 aromatic rings. The summed E-state index contributed by atoms with van der Waals surface area (Å²) in [4.78, 5) is 28.7. The number of cyclic esters (lactones) is 1. The average molecular weight is 421 g/mol. The molecule has 3 heterocycles. The van der Waals surface area contributed by atoms with E-state index in [4.69, 9.17) is 15.2 Å². The van der Waals surface area contributed by atoms with Crippen molar-refractivity contribution < 1.29 is 27.8 Å². The van der Waals surface area contributed by atoms with Crippen LogP contribution in [0.25, 0.3) is 11.4 Å². The van der Waals surface area contributed by atoms with E-state index in [9.17, 15) is 18.4 Å². The van der Waals surface area contributed by atoms with Crippen molar-refractivity contribution in [2.75, 3.05) is 23.4 Å². The Bertz CT molecular complexity index is 980. The summed E-state index contributed by atoms with van der Waals surface area (Å²) in [7, 11) is 0. The number of carbonyl (C=O) groups is 2. The number of amides is 2. The third kappa shape index (κ3) is 3.62. The lowest BCUT2D eigenvalue weighted by Gasteiger charge is -2.19. The van der Waals surface area contributed by atoms with Crippen LogP contribution in [0.5, 0.6) is 5.75 Å². The molecule has 2 aliphatic rings. The van der Waals surface area contributed by atoms with Gasteiger partial charge in [-0.3, -0.25) is 4.79 Å². The topological polar surface area (TPSA) is 112 Å². The van der Waals surface area contributed by atoms with E-state index in [-0.39, 0.29) is 12.4 Å². The molecule has 3 N–H and O–H groups in total. The number of nitrogens with zero attached hydrogens (tertiary/aromatic N) is 3. The number of primary amides is 1. The number of ether oxygens (including phenoxy) is 2. The Hall–Kier alpha value is -3.37. The zero-order chi connectivity index (χ0) is 21.4. The summed E-state index contributed by atoms with van der Waals surface area (Å²) >= 11 is 0. The van der Waals surface area contributed by atoms with E-state index in [0.29, 0.717) is 42.4 Å². The number of anilines is 2. The SMILES string of the molecule is CC(Nc1ccc2c(c1)OCCCn1cc(N3C(=O)OC[C@H]3C(F)F)nc1-2)C(N)=O. The molecule has 160 valence electrons. The number of benzene rings is 1. The maximum Gasteiger partial charge on any atom is 0.416 e. The molecule has 1 unspecified atom stereocenters. The smallest absolute Gasteiger partial charge is 0.416 e. The minimum Gasteiger partial charge on any atom is -0.493 e. The van der Waals surface area contributed by atoms with Gasteiger partial charge in [0.2, 0.25) is 5.91 Å². The number of imidazole rings is 1. The van der Waals surface area contributed by atoms with Gasteiger partial charge in [0.1, 0.15) is 30.3 Å². The van der Waals surface area contributed by atoms with Crippen LogP contribution in [-0.2, 0) is 16.1 Å². The van der Waals surface area contributed by atoms with Gasteiger partial charge in [-0.2, -0.15) is 0 Å². The Morgan fingerprint density at radius 3 is 2.90 bits per heavy atom. The van der Waals surface area contributed by atoms with E-state index < -0.39 is 30.5 Å². The molecule has 9 nitrogen and oxygen atoms in total. The van der Waals surface area contributed by atoms with Crippen LogP contribution in [0.15, 0.2) is 24.4 Å². The monoisotopic (exact) mass is 421 g/mol. The van der Waals surface area contributed by atoms with Gasteiger partial charge in [-0.05, 0) is 25.5 Å². The Morgan fingerprint density at radius 2 is 2.17 bits per heavy atom. The lowest BCUT2D eigenvalue weighted by molar-refractivity contribution is -0.118. The predicted molar refractivity (Wildman–Crippen MR) is 104 cm³/mol. The molecule has 1 fully saturated rings. The third-order valence-corrected chi connectivity index (χ3v) is 5.04. The second kappa shape index (κ2) is 7.81. The quantitative estimate of drug-likeness (QED) is 0.766. The molecule has 2 atom stereocenters. The summed E-state index contributed by atoms with van der Waals surface area (Å²) in [6.07, 6.45) is -1.37. The van der Waals surface area contributed by atoms with Crippen LogP contribution in [0.3, 0.4) is 0 Å². The van der Waals surface area contributed by atoms with Crippen molar-refractivity contribution in [3.8, 4) is 17.1 Å². The van der Waals surface area contributed by atoms with Crippen molar-refractivity contribution in [1.82, 2.24) is 9.55 Å². The molecule has 0 bridgehead atoms. The number of fused-ring (bicyclic) bond motifs is 3. The fourth-order valence-electron chi connectivity index (χ4n) is 3.44. The van der Waals surface area contributed by atoms with Crippen LogP contribution >= 0.6 is 0 Å². The van der Waals surface area contributed by atoms with E-state index in [1.54, 1.807) is 31.3 Å². The third-order valence-electron chi connectivity index (χ3n) is 5.04. The first kappa shape index (κ1) is 19.9. The number of nitrogens with one attached hydrogen (secondary N) is 1. The van der Waals surface area contributed by atoms with Crippen molar-refractivity contribution in [3.63, 3.8) is 0 Å². The van der Waals surface area contributed by atoms with Crippen LogP contribution in [0.1, 0.15) is 13.3 Å². The normalized spacial score (nSPS) is 19.3. The highest BCUT2D eigenvalue weighted by molar-refractivity contribution is 5.90. The number of rotatable bonds is 5. The summed E-state index contributed by atoms with van der Waals surface area (Å²) in [6.45, 7) is 2.24. The Morgan fingerprint density at radius 1 is 1.37 bits per heavy atom. The van der Waals surface area contributed by atoms with Crippen molar-refractivity contribution in [2.24, 2.45) is 5.73 Å². The van der Waals surface area contributed by atoms with E-state index in [1.807, 2.05) is 4.57 Å². The van der Waals surface area contributed by atoms with Gasteiger partial charge >= 0.3 is 6.09 Å². The van der Waals surface area contributed by atoms with Crippen LogP contribution in [0.4, 0.5) is 25.1 Å². The standard InChI is InChI=1S/C19H21F2N5O4/c1-10(17(22)27)23-11-3-4-12-14(7-11)29-6-2-5-25-8-15(24-18(12)25)26-13(16(20)21)9-30-19(26)28/h3-4,7-8,10,13,16,23H,2,5-6,9H2,1H3,(H2,22,27)/t10?,13-/m0/s1. The van der Waals surface area contributed by atoms with Gasteiger partial charge in [0, 0.05) is 24.5 Å². The minimum absolute atomic E-state index is 0.107. The molecule has 4 rings (SSSR count). The zero-order valence-corrected chi connectivity index (χ0v) is 16.2. The van der Waals surface area contributed by atoms with E-state index in [0.717, 1.165) is 4.90 Å². The highest BCUT2D eigenvalue weighted by Crippen LogP contribution is 2.36. The number of aromatic nitrogens is 2. The number of nitrogens with two attached hydrogens (primary N) is 1. The number of alkyl halides is 2. The summed E-state index contributed by atoms with van der Waals surface area (Å²) in [5, 5.41) is 2.99.